The number of carbonyl (C=O) groups is 2. The van der Waals surface area contributed by atoms with Gasteiger partial charge in [-0.2, -0.15) is 0 Å². The van der Waals surface area contributed by atoms with Gasteiger partial charge < -0.3 is 5.32 Å². The van der Waals surface area contributed by atoms with Crippen molar-refractivity contribution in [2.75, 3.05) is 5.32 Å². The molecule has 1 aliphatic heterocycles. The van der Waals surface area contributed by atoms with E-state index in [1.807, 2.05) is 45.9 Å². The molecule has 1 fully saturated rings. The van der Waals surface area contributed by atoms with E-state index in [2.05, 4.69) is 42.2 Å². The standard InChI is InChI=1S/C17H21Br2N3O2S/c1-9(2)20-17-22(10(3)4)16(24)14(25-17)8-15(23)21-13-6-5-11(18)7-12(13)19/h5-7,9-10,14H,8H2,1-4H3,(H,21,23). The zero-order chi connectivity index (χ0) is 18.7. The molecule has 1 heterocycles. The highest BCUT2D eigenvalue weighted by atomic mass is 79.9. The van der Waals surface area contributed by atoms with Gasteiger partial charge in [0.1, 0.15) is 5.25 Å². The van der Waals surface area contributed by atoms with Crippen molar-refractivity contribution in [3.63, 3.8) is 0 Å². The second kappa shape index (κ2) is 8.68. The van der Waals surface area contributed by atoms with Gasteiger partial charge in [0.05, 0.1) is 5.69 Å². The van der Waals surface area contributed by atoms with E-state index in [1.54, 1.807) is 4.90 Å². The number of amidine groups is 1. The van der Waals surface area contributed by atoms with Crippen LogP contribution < -0.4 is 5.32 Å². The van der Waals surface area contributed by atoms with E-state index < -0.39 is 5.25 Å². The average Bonchev–Trinajstić information content (AvgIpc) is 2.77. The Morgan fingerprint density at radius 3 is 2.56 bits per heavy atom. The van der Waals surface area contributed by atoms with Crippen LogP contribution in [0.2, 0.25) is 0 Å². The largest absolute Gasteiger partial charge is 0.325 e. The number of hydrogen-bond acceptors (Lipinski definition) is 4. The minimum atomic E-state index is -0.436. The molecule has 2 amide bonds. The highest BCUT2D eigenvalue weighted by Crippen LogP contribution is 2.32. The molecule has 1 saturated heterocycles. The van der Waals surface area contributed by atoms with Gasteiger partial charge in [0.2, 0.25) is 11.8 Å². The lowest BCUT2D eigenvalue weighted by atomic mass is 10.2. The third kappa shape index (κ3) is 5.31. The minimum Gasteiger partial charge on any atom is -0.325 e. The van der Waals surface area contributed by atoms with Gasteiger partial charge in [0.15, 0.2) is 5.17 Å². The van der Waals surface area contributed by atoms with Gasteiger partial charge in [-0.25, -0.2) is 0 Å². The van der Waals surface area contributed by atoms with Crippen LogP contribution >= 0.6 is 43.6 Å². The number of anilines is 1. The van der Waals surface area contributed by atoms with Crippen LogP contribution in [0.15, 0.2) is 32.1 Å². The Morgan fingerprint density at radius 1 is 1.32 bits per heavy atom. The average molecular weight is 491 g/mol. The van der Waals surface area contributed by atoms with Crippen LogP contribution in [0.4, 0.5) is 5.69 Å². The minimum absolute atomic E-state index is 0.0196. The van der Waals surface area contributed by atoms with Crippen molar-refractivity contribution in [2.45, 2.75) is 51.4 Å². The number of carbonyl (C=O) groups excluding carboxylic acids is 2. The molecule has 1 aliphatic rings. The van der Waals surface area contributed by atoms with Crippen molar-refractivity contribution >= 4 is 66.3 Å². The van der Waals surface area contributed by atoms with Crippen LogP contribution in [0, 0.1) is 0 Å². The molecule has 1 aromatic carbocycles. The van der Waals surface area contributed by atoms with Crippen LogP contribution in [0.5, 0.6) is 0 Å². The predicted molar refractivity (Wildman–Crippen MR) is 111 cm³/mol. The second-order valence-electron chi connectivity index (χ2n) is 6.29. The van der Waals surface area contributed by atoms with Crippen molar-refractivity contribution in [1.29, 1.82) is 0 Å². The highest BCUT2D eigenvalue weighted by Gasteiger charge is 2.40. The van der Waals surface area contributed by atoms with Gasteiger partial charge in [-0.15, -0.1) is 0 Å². The van der Waals surface area contributed by atoms with Crippen LogP contribution in [0.25, 0.3) is 0 Å². The third-order valence-corrected chi connectivity index (χ3v) is 5.74. The Balaban J connectivity index is 2.09. The fourth-order valence-corrected chi connectivity index (χ4v) is 4.90. The Hall–Kier alpha value is -0.860. The summed E-state index contributed by atoms with van der Waals surface area (Å²) in [5.41, 5.74) is 0.681. The number of nitrogens with zero attached hydrogens (tertiary/aromatic N) is 2. The van der Waals surface area contributed by atoms with Crippen molar-refractivity contribution in [3.05, 3.63) is 27.1 Å². The molecular weight excluding hydrogens is 470 g/mol. The molecule has 25 heavy (non-hydrogen) atoms. The zero-order valence-corrected chi connectivity index (χ0v) is 18.5. The first-order valence-electron chi connectivity index (χ1n) is 8.01. The van der Waals surface area contributed by atoms with E-state index in [4.69, 9.17) is 0 Å². The number of rotatable bonds is 5. The first-order chi connectivity index (χ1) is 11.7. The van der Waals surface area contributed by atoms with Crippen molar-refractivity contribution in [3.8, 4) is 0 Å². The van der Waals surface area contributed by atoms with Crippen molar-refractivity contribution < 1.29 is 9.59 Å². The van der Waals surface area contributed by atoms with E-state index >= 15 is 0 Å². The van der Waals surface area contributed by atoms with Gasteiger partial charge in [-0.3, -0.25) is 19.5 Å². The van der Waals surface area contributed by atoms with Gasteiger partial charge in [0, 0.05) is 27.4 Å². The Labute approximate surface area is 169 Å². The molecule has 2 rings (SSSR count). The molecule has 136 valence electrons. The summed E-state index contributed by atoms with van der Waals surface area (Å²) in [6.45, 7) is 7.86. The van der Waals surface area contributed by atoms with Crippen molar-refractivity contribution in [1.82, 2.24) is 4.90 Å². The molecule has 1 unspecified atom stereocenters. The number of aliphatic imine (C=N–C) groups is 1. The van der Waals surface area contributed by atoms with Gasteiger partial charge in [-0.1, -0.05) is 27.7 Å². The van der Waals surface area contributed by atoms with E-state index in [-0.39, 0.29) is 30.3 Å². The summed E-state index contributed by atoms with van der Waals surface area (Å²) in [6.07, 6.45) is 0.117. The summed E-state index contributed by atoms with van der Waals surface area (Å²) < 4.78 is 1.70. The summed E-state index contributed by atoms with van der Waals surface area (Å²) >= 11 is 8.17. The molecule has 1 atom stereocenters. The number of hydrogen-bond donors (Lipinski definition) is 1. The fraction of sp³-hybridized carbons (Fsp3) is 0.471. The van der Waals surface area contributed by atoms with Crippen LogP contribution in [-0.4, -0.2) is 39.2 Å². The first kappa shape index (κ1) is 20.5. The topological polar surface area (TPSA) is 61.8 Å². The normalized spacial score (nSPS) is 19.4. The molecule has 0 aromatic heterocycles. The molecule has 0 radical (unpaired) electrons. The van der Waals surface area contributed by atoms with Gasteiger partial charge in [0.25, 0.3) is 0 Å². The third-order valence-electron chi connectivity index (χ3n) is 3.43. The molecule has 0 bridgehead atoms. The number of thioether (sulfide) groups is 1. The van der Waals surface area contributed by atoms with E-state index in [0.29, 0.717) is 10.9 Å². The van der Waals surface area contributed by atoms with Crippen molar-refractivity contribution in [2.24, 2.45) is 4.99 Å². The lowest BCUT2D eigenvalue weighted by Crippen LogP contribution is -2.38. The Morgan fingerprint density at radius 2 is 2.00 bits per heavy atom. The maximum atomic E-state index is 12.7. The van der Waals surface area contributed by atoms with Crippen LogP contribution in [0.3, 0.4) is 0 Å². The number of nitrogens with one attached hydrogen (secondary N) is 1. The molecule has 0 spiro atoms. The van der Waals surface area contributed by atoms with Gasteiger partial charge in [-0.05, 0) is 61.8 Å². The summed E-state index contributed by atoms with van der Waals surface area (Å²) in [7, 11) is 0. The quantitative estimate of drug-likeness (QED) is 0.652. The maximum absolute atomic E-state index is 12.7. The molecule has 5 nitrogen and oxygen atoms in total. The lowest BCUT2D eigenvalue weighted by Gasteiger charge is -2.21. The number of amides is 2. The Kier molecular flexibility index (Phi) is 7.10. The van der Waals surface area contributed by atoms with E-state index in [0.717, 1.165) is 8.95 Å². The van der Waals surface area contributed by atoms with E-state index in [1.165, 1.54) is 11.8 Å². The monoisotopic (exact) mass is 489 g/mol. The summed E-state index contributed by atoms with van der Waals surface area (Å²) in [4.78, 5) is 31.3. The zero-order valence-electron chi connectivity index (χ0n) is 14.5. The summed E-state index contributed by atoms with van der Waals surface area (Å²) in [6, 6.07) is 5.64. The lowest BCUT2D eigenvalue weighted by molar-refractivity contribution is -0.129. The van der Waals surface area contributed by atoms with E-state index in [9.17, 15) is 9.59 Å². The molecule has 8 heteroatoms. The number of benzene rings is 1. The molecule has 1 aromatic rings. The van der Waals surface area contributed by atoms with Gasteiger partial charge >= 0.3 is 0 Å². The van der Waals surface area contributed by atoms with Crippen LogP contribution in [0.1, 0.15) is 34.1 Å². The van der Waals surface area contributed by atoms with Crippen LogP contribution in [-0.2, 0) is 9.59 Å². The Bertz CT molecular complexity index is 707. The SMILES string of the molecule is CC(C)N=C1SC(CC(=O)Nc2ccc(Br)cc2Br)C(=O)N1C(C)C. The smallest absolute Gasteiger partial charge is 0.242 e. The highest BCUT2D eigenvalue weighted by molar-refractivity contribution is 9.11. The molecule has 0 saturated carbocycles. The molecule has 1 N–H and O–H groups in total. The number of halogens is 2. The second-order valence-corrected chi connectivity index (χ2v) is 9.23. The maximum Gasteiger partial charge on any atom is 0.242 e. The predicted octanol–water partition coefficient (Wildman–Crippen LogP) is 4.66. The molecular formula is C17H21Br2N3O2S. The first-order valence-corrected chi connectivity index (χ1v) is 10.5. The fourth-order valence-electron chi connectivity index (χ4n) is 2.36. The summed E-state index contributed by atoms with van der Waals surface area (Å²) in [5.74, 6) is -0.243. The summed E-state index contributed by atoms with van der Waals surface area (Å²) in [5, 5.41) is 3.12. The molecule has 0 aliphatic carbocycles.